The molecular formula is C10H11N3O. The molecule has 0 N–H and O–H groups in total. The summed E-state index contributed by atoms with van der Waals surface area (Å²) in [6, 6.07) is 3.90. The number of pyridine rings is 1. The van der Waals surface area contributed by atoms with Crippen LogP contribution in [0.5, 0.6) is 0 Å². The fourth-order valence-corrected chi connectivity index (χ4v) is 1.67. The molecule has 0 bridgehead atoms. The molecule has 72 valence electrons. The highest BCUT2D eigenvalue weighted by atomic mass is 16.6. The Morgan fingerprint density at radius 2 is 2.50 bits per heavy atom. The third kappa shape index (κ3) is 1.19. The first-order valence-corrected chi connectivity index (χ1v) is 4.74. The topological polar surface area (TPSA) is 43.2 Å². The molecule has 0 radical (unpaired) electrons. The molecule has 0 aliphatic carbocycles. The molecule has 3 rings (SSSR count). The number of imidazole rings is 1. The number of ether oxygens (including phenoxy) is 1. The van der Waals surface area contributed by atoms with Crippen LogP contribution in [0.15, 0.2) is 18.3 Å². The average Bonchev–Trinajstić information content (AvgIpc) is 2.93. The van der Waals surface area contributed by atoms with Gasteiger partial charge < -0.3 is 9.30 Å². The van der Waals surface area contributed by atoms with Gasteiger partial charge in [0.1, 0.15) is 11.3 Å². The summed E-state index contributed by atoms with van der Waals surface area (Å²) in [6.07, 6.45) is 2.17. The second-order valence-corrected chi connectivity index (χ2v) is 3.57. The predicted octanol–water partition coefficient (Wildman–Crippen LogP) is 1.14. The molecule has 0 spiro atoms. The van der Waals surface area contributed by atoms with Gasteiger partial charge in [-0.3, -0.25) is 0 Å². The first-order valence-electron chi connectivity index (χ1n) is 4.74. The van der Waals surface area contributed by atoms with Crippen LogP contribution in [-0.2, 0) is 11.3 Å². The van der Waals surface area contributed by atoms with Crippen molar-refractivity contribution in [3.05, 3.63) is 24.2 Å². The number of fused-ring (bicyclic) bond motifs is 1. The normalized spacial score (nSPS) is 20.2. The van der Waals surface area contributed by atoms with Crippen LogP contribution in [0.1, 0.15) is 5.82 Å². The quantitative estimate of drug-likeness (QED) is 0.665. The Kier molecular flexibility index (Phi) is 1.58. The Morgan fingerprint density at radius 1 is 1.64 bits per heavy atom. The highest BCUT2D eigenvalue weighted by Gasteiger charge is 2.24. The van der Waals surface area contributed by atoms with Crippen molar-refractivity contribution in [2.45, 2.75) is 19.6 Å². The second-order valence-electron chi connectivity index (χ2n) is 3.57. The summed E-state index contributed by atoms with van der Waals surface area (Å²) in [6.45, 7) is 3.75. The van der Waals surface area contributed by atoms with Gasteiger partial charge in [-0.15, -0.1) is 0 Å². The molecule has 0 aromatic carbocycles. The first kappa shape index (κ1) is 7.94. The van der Waals surface area contributed by atoms with Crippen LogP contribution in [-0.4, -0.2) is 27.2 Å². The third-order valence-electron chi connectivity index (χ3n) is 2.48. The highest BCUT2D eigenvalue weighted by molar-refractivity contribution is 5.71. The lowest BCUT2D eigenvalue weighted by Crippen LogP contribution is -2.06. The maximum atomic E-state index is 5.21. The van der Waals surface area contributed by atoms with Gasteiger partial charge >= 0.3 is 0 Å². The Bertz CT molecular complexity index is 473. The molecule has 1 unspecified atom stereocenters. The first-order chi connectivity index (χ1) is 6.84. The predicted molar refractivity (Wildman–Crippen MR) is 52.0 cm³/mol. The minimum Gasteiger partial charge on any atom is -0.371 e. The van der Waals surface area contributed by atoms with Gasteiger partial charge in [-0.2, -0.15) is 0 Å². The van der Waals surface area contributed by atoms with Crippen LogP contribution in [0, 0.1) is 6.92 Å². The van der Waals surface area contributed by atoms with Crippen LogP contribution >= 0.6 is 0 Å². The lowest BCUT2D eigenvalue weighted by Gasteiger charge is -2.01. The molecule has 3 heterocycles. The van der Waals surface area contributed by atoms with Crippen LogP contribution in [0.4, 0.5) is 0 Å². The number of aryl methyl sites for hydroxylation is 1. The van der Waals surface area contributed by atoms with Gasteiger partial charge in [-0.05, 0) is 19.1 Å². The number of aromatic nitrogens is 3. The fraction of sp³-hybridized carbons (Fsp3) is 0.400. The molecule has 1 fully saturated rings. The van der Waals surface area contributed by atoms with Crippen molar-refractivity contribution < 1.29 is 4.74 Å². The van der Waals surface area contributed by atoms with Gasteiger partial charge in [0.15, 0.2) is 5.65 Å². The number of hydrogen-bond acceptors (Lipinski definition) is 3. The molecule has 14 heavy (non-hydrogen) atoms. The molecule has 1 saturated heterocycles. The summed E-state index contributed by atoms with van der Waals surface area (Å²) < 4.78 is 7.33. The highest BCUT2D eigenvalue weighted by Crippen LogP contribution is 2.18. The summed E-state index contributed by atoms with van der Waals surface area (Å²) in [5, 5.41) is 0. The Hall–Kier alpha value is -1.42. The zero-order valence-corrected chi connectivity index (χ0v) is 7.97. The SMILES string of the molecule is Cc1nc2cccnc2n1CC1CO1. The number of hydrogen-bond donors (Lipinski definition) is 0. The zero-order valence-electron chi connectivity index (χ0n) is 7.97. The summed E-state index contributed by atoms with van der Waals surface area (Å²) in [4.78, 5) is 8.77. The maximum absolute atomic E-state index is 5.21. The molecule has 2 aromatic rings. The van der Waals surface area contributed by atoms with E-state index in [1.54, 1.807) is 6.20 Å². The van der Waals surface area contributed by atoms with E-state index in [2.05, 4.69) is 14.5 Å². The van der Waals surface area contributed by atoms with Crippen LogP contribution in [0.3, 0.4) is 0 Å². The van der Waals surface area contributed by atoms with Crippen LogP contribution in [0.2, 0.25) is 0 Å². The van der Waals surface area contributed by atoms with E-state index in [4.69, 9.17) is 4.74 Å². The molecule has 4 heteroatoms. The molecule has 1 atom stereocenters. The second kappa shape index (κ2) is 2.78. The van der Waals surface area contributed by atoms with Gasteiger partial charge in [-0.25, -0.2) is 9.97 Å². The van der Waals surface area contributed by atoms with Crippen molar-refractivity contribution in [2.75, 3.05) is 6.61 Å². The molecule has 1 aliphatic rings. The molecule has 4 nitrogen and oxygen atoms in total. The van der Waals surface area contributed by atoms with Crippen LogP contribution < -0.4 is 0 Å². The lowest BCUT2D eigenvalue weighted by molar-refractivity contribution is 0.383. The van der Waals surface area contributed by atoms with Gasteiger partial charge in [0, 0.05) is 6.20 Å². The lowest BCUT2D eigenvalue weighted by atomic mass is 10.4. The summed E-state index contributed by atoms with van der Waals surface area (Å²) in [5.41, 5.74) is 1.92. The fourth-order valence-electron chi connectivity index (χ4n) is 1.67. The van der Waals surface area contributed by atoms with E-state index in [-0.39, 0.29) is 0 Å². The largest absolute Gasteiger partial charge is 0.371 e. The van der Waals surface area contributed by atoms with Crippen molar-refractivity contribution in [3.63, 3.8) is 0 Å². The minimum absolute atomic E-state index is 0.369. The van der Waals surface area contributed by atoms with Crippen LogP contribution in [0.25, 0.3) is 11.2 Å². The molecule has 1 aliphatic heterocycles. The van der Waals surface area contributed by atoms with E-state index in [1.165, 1.54) is 0 Å². The smallest absolute Gasteiger partial charge is 0.160 e. The van der Waals surface area contributed by atoms with Crippen molar-refractivity contribution in [2.24, 2.45) is 0 Å². The van der Waals surface area contributed by atoms with Gasteiger partial charge in [0.25, 0.3) is 0 Å². The van der Waals surface area contributed by atoms with E-state index >= 15 is 0 Å². The molecule has 0 amide bonds. The monoisotopic (exact) mass is 189 g/mol. The van der Waals surface area contributed by atoms with E-state index in [0.717, 1.165) is 30.1 Å². The molecule has 0 saturated carbocycles. The number of nitrogens with zero attached hydrogens (tertiary/aromatic N) is 3. The van der Waals surface area contributed by atoms with Gasteiger partial charge in [0.05, 0.1) is 19.3 Å². The van der Waals surface area contributed by atoms with E-state index in [0.29, 0.717) is 6.10 Å². The van der Waals surface area contributed by atoms with Gasteiger partial charge in [-0.1, -0.05) is 0 Å². The van der Waals surface area contributed by atoms with E-state index in [9.17, 15) is 0 Å². The number of rotatable bonds is 2. The van der Waals surface area contributed by atoms with E-state index < -0.39 is 0 Å². The average molecular weight is 189 g/mol. The van der Waals surface area contributed by atoms with Crippen molar-refractivity contribution in [1.29, 1.82) is 0 Å². The summed E-state index contributed by atoms with van der Waals surface area (Å²) >= 11 is 0. The van der Waals surface area contributed by atoms with Crippen molar-refractivity contribution in [1.82, 2.24) is 14.5 Å². The van der Waals surface area contributed by atoms with Crippen molar-refractivity contribution in [3.8, 4) is 0 Å². The van der Waals surface area contributed by atoms with Gasteiger partial charge in [0.2, 0.25) is 0 Å². The standard InChI is InChI=1S/C10H11N3O/c1-7-12-9-3-2-4-11-10(9)13(7)5-8-6-14-8/h2-4,8H,5-6H2,1H3. The molecule has 2 aromatic heterocycles. The zero-order chi connectivity index (χ0) is 9.54. The third-order valence-corrected chi connectivity index (χ3v) is 2.48. The number of epoxide rings is 1. The minimum atomic E-state index is 0.369. The van der Waals surface area contributed by atoms with E-state index in [1.807, 2.05) is 19.1 Å². The summed E-state index contributed by atoms with van der Waals surface area (Å²) in [7, 11) is 0. The Labute approximate surface area is 81.5 Å². The molecular weight excluding hydrogens is 178 g/mol. The van der Waals surface area contributed by atoms with Crippen molar-refractivity contribution >= 4 is 11.2 Å². The Morgan fingerprint density at radius 3 is 3.29 bits per heavy atom. The Balaban J connectivity index is 2.13. The maximum Gasteiger partial charge on any atom is 0.160 e. The summed E-state index contributed by atoms with van der Waals surface area (Å²) in [5.74, 6) is 1.01.